The molecule has 31 heavy (non-hydrogen) atoms. The van der Waals surface area contributed by atoms with Crippen molar-refractivity contribution in [1.82, 2.24) is 0 Å². The summed E-state index contributed by atoms with van der Waals surface area (Å²) in [5.74, 6) is 5.07. The summed E-state index contributed by atoms with van der Waals surface area (Å²) in [4.78, 5) is 25.0. The minimum absolute atomic E-state index is 0.0353. The quantitative estimate of drug-likeness (QED) is 0.560. The second kappa shape index (κ2) is 9.31. The van der Waals surface area contributed by atoms with E-state index >= 15 is 0 Å². The van der Waals surface area contributed by atoms with E-state index in [9.17, 15) is 17.7 Å². The van der Waals surface area contributed by atoms with Crippen LogP contribution in [0.1, 0.15) is 49.8 Å². The Morgan fingerprint density at radius 1 is 1.13 bits per heavy atom. The first kappa shape index (κ1) is 22.5. The Morgan fingerprint density at radius 3 is 2.42 bits per heavy atom. The number of hydrogen-bond donors (Lipinski definition) is 1. The molecule has 1 atom stereocenters. The maximum atomic E-state index is 12.5. The second-order valence-electron chi connectivity index (χ2n) is 7.86. The molecule has 8 heteroatoms. The summed E-state index contributed by atoms with van der Waals surface area (Å²) in [6.07, 6.45) is 0.530. The summed E-state index contributed by atoms with van der Waals surface area (Å²) in [6, 6.07) is 11.9. The summed E-state index contributed by atoms with van der Waals surface area (Å²) < 4.78 is 27.3. The maximum Gasteiger partial charge on any atom is 0.401 e. The van der Waals surface area contributed by atoms with Crippen LogP contribution in [0, 0.1) is 11.8 Å². The average molecular weight is 443 g/mol. The summed E-state index contributed by atoms with van der Waals surface area (Å²) in [7, 11) is 0. The summed E-state index contributed by atoms with van der Waals surface area (Å²) in [5.41, 5.74) is 3.08. The highest BCUT2D eigenvalue weighted by Gasteiger charge is 2.33. The number of carboxylic acids is 1. The standard InChI is InChI=1S/C23H22FNO5S/c1-23(2)13-14-25(21(26)11-12-22(27)28)20-10-7-17(15-19(20)23)4-3-16-5-8-18(9-6-16)30-31(24)29/h5-10,15H,11-14H2,1-2H3,(H,27,28). The zero-order chi connectivity index (χ0) is 22.6. The fraction of sp³-hybridized carbons (Fsp3) is 0.304. The molecule has 0 fully saturated rings. The number of halogens is 1. The van der Waals surface area contributed by atoms with Crippen molar-refractivity contribution in [3.63, 3.8) is 0 Å². The fourth-order valence-electron chi connectivity index (χ4n) is 3.46. The first-order chi connectivity index (χ1) is 14.7. The van der Waals surface area contributed by atoms with Gasteiger partial charge in [-0.05, 0) is 59.9 Å². The number of nitrogens with zero attached hydrogens (tertiary/aromatic N) is 1. The Hall–Kier alpha value is -3.18. The Bertz CT molecular complexity index is 1090. The molecular weight excluding hydrogens is 421 g/mol. The molecular formula is C23H22FNO5S. The van der Waals surface area contributed by atoms with Gasteiger partial charge in [0.25, 0.3) is 0 Å². The molecule has 0 saturated carbocycles. The molecule has 1 aliphatic rings. The molecule has 0 aliphatic carbocycles. The molecule has 6 nitrogen and oxygen atoms in total. The van der Waals surface area contributed by atoms with Crippen molar-refractivity contribution in [2.24, 2.45) is 0 Å². The molecule has 0 saturated heterocycles. The van der Waals surface area contributed by atoms with Gasteiger partial charge >= 0.3 is 17.4 Å². The number of rotatable bonds is 5. The first-order valence-electron chi connectivity index (χ1n) is 9.71. The molecule has 0 bridgehead atoms. The van der Waals surface area contributed by atoms with Crippen LogP contribution in [0.2, 0.25) is 0 Å². The van der Waals surface area contributed by atoms with E-state index in [4.69, 9.17) is 5.11 Å². The molecule has 2 aromatic carbocycles. The number of carboxylic acid groups (broad SMARTS) is 1. The lowest BCUT2D eigenvalue weighted by atomic mass is 9.77. The van der Waals surface area contributed by atoms with E-state index in [1.54, 1.807) is 17.0 Å². The summed E-state index contributed by atoms with van der Waals surface area (Å²) in [6.45, 7) is 4.76. The lowest BCUT2D eigenvalue weighted by Gasteiger charge is -2.39. The number of carbonyl (C=O) groups is 2. The van der Waals surface area contributed by atoms with Crippen molar-refractivity contribution in [3.05, 3.63) is 59.2 Å². The maximum absolute atomic E-state index is 12.5. The fourth-order valence-corrected chi connectivity index (χ4v) is 3.72. The van der Waals surface area contributed by atoms with Crippen LogP contribution in [0.25, 0.3) is 0 Å². The molecule has 2 aromatic rings. The number of fused-ring (bicyclic) bond motifs is 1. The van der Waals surface area contributed by atoms with Crippen LogP contribution in [-0.4, -0.2) is 27.7 Å². The van der Waals surface area contributed by atoms with Crippen molar-refractivity contribution < 1.29 is 27.0 Å². The van der Waals surface area contributed by atoms with Crippen molar-refractivity contribution >= 4 is 29.0 Å². The van der Waals surface area contributed by atoms with E-state index < -0.39 is 17.4 Å². The number of hydrogen-bond acceptors (Lipinski definition) is 4. The molecule has 0 radical (unpaired) electrons. The van der Waals surface area contributed by atoms with Gasteiger partial charge in [-0.3, -0.25) is 9.59 Å². The average Bonchev–Trinajstić information content (AvgIpc) is 2.71. The monoisotopic (exact) mass is 443 g/mol. The van der Waals surface area contributed by atoms with Crippen LogP contribution in [0.5, 0.6) is 5.75 Å². The van der Waals surface area contributed by atoms with Gasteiger partial charge in [-0.15, -0.1) is 0 Å². The molecule has 1 heterocycles. The van der Waals surface area contributed by atoms with E-state index in [0.717, 1.165) is 23.2 Å². The van der Waals surface area contributed by atoms with Gasteiger partial charge in [0.15, 0.2) is 0 Å². The molecule has 1 unspecified atom stereocenters. The van der Waals surface area contributed by atoms with Crippen molar-refractivity contribution in [1.29, 1.82) is 0 Å². The van der Waals surface area contributed by atoms with Crippen molar-refractivity contribution in [3.8, 4) is 17.6 Å². The molecule has 0 aromatic heterocycles. The van der Waals surface area contributed by atoms with Crippen LogP contribution in [-0.2, 0) is 26.5 Å². The van der Waals surface area contributed by atoms with E-state index in [1.807, 2.05) is 18.2 Å². The van der Waals surface area contributed by atoms with Gasteiger partial charge in [-0.2, -0.15) is 4.21 Å². The Labute approximate surface area is 183 Å². The zero-order valence-corrected chi connectivity index (χ0v) is 18.0. The SMILES string of the molecule is CC1(C)CCN(C(=O)CCC(=O)O)c2ccc(C#Cc3ccc(OS(=O)F)cc3)cc21. The third-order valence-corrected chi connectivity index (χ3v) is 5.52. The molecule has 1 aliphatic heterocycles. The van der Waals surface area contributed by atoms with Gasteiger partial charge in [-0.1, -0.05) is 29.6 Å². The van der Waals surface area contributed by atoms with Crippen LogP contribution in [0.4, 0.5) is 9.57 Å². The third kappa shape index (κ3) is 5.70. The van der Waals surface area contributed by atoms with E-state index in [0.29, 0.717) is 12.1 Å². The predicted octanol–water partition coefficient (Wildman–Crippen LogP) is 3.89. The number of anilines is 1. The van der Waals surface area contributed by atoms with Crippen LogP contribution in [0.15, 0.2) is 42.5 Å². The lowest BCUT2D eigenvalue weighted by Crippen LogP contribution is -2.41. The van der Waals surface area contributed by atoms with Crippen LogP contribution < -0.4 is 9.08 Å². The predicted molar refractivity (Wildman–Crippen MR) is 116 cm³/mol. The van der Waals surface area contributed by atoms with E-state index in [-0.39, 0.29) is 29.9 Å². The normalized spacial score (nSPS) is 15.3. The van der Waals surface area contributed by atoms with Gasteiger partial charge in [-0.25, -0.2) is 0 Å². The third-order valence-electron chi connectivity index (χ3n) is 5.20. The van der Waals surface area contributed by atoms with Gasteiger partial charge < -0.3 is 14.2 Å². The van der Waals surface area contributed by atoms with Crippen LogP contribution >= 0.6 is 0 Å². The number of benzene rings is 2. The number of carbonyl (C=O) groups excluding carboxylic acids is 1. The molecule has 1 amide bonds. The molecule has 1 N–H and O–H groups in total. The first-order valence-corrected chi connectivity index (χ1v) is 10.7. The Morgan fingerprint density at radius 2 is 1.77 bits per heavy atom. The van der Waals surface area contributed by atoms with Gasteiger partial charge in [0, 0.05) is 29.8 Å². The second-order valence-corrected chi connectivity index (χ2v) is 8.41. The van der Waals surface area contributed by atoms with E-state index in [1.165, 1.54) is 12.1 Å². The van der Waals surface area contributed by atoms with Gasteiger partial charge in [0.1, 0.15) is 5.75 Å². The zero-order valence-electron chi connectivity index (χ0n) is 17.2. The highest BCUT2D eigenvalue weighted by Crippen LogP contribution is 2.40. The lowest BCUT2D eigenvalue weighted by molar-refractivity contribution is -0.138. The molecule has 3 rings (SSSR count). The van der Waals surface area contributed by atoms with E-state index in [2.05, 4.69) is 29.9 Å². The minimum atomic E-state index is -2.87. The van der Waals surface area contributed by atoms with Crippen molar-refractivity contribution in [2.75, 3.05) is 11.4 Å². The number of amides is 1. The summed E-state index contributed by atoms with van der Waals surface area (Å²) in [5, 5.41) is 8.86. The van der Waals surface area contributed by atoms with Gasteiger partial charge in [0.05, 0.1) is 6.42 Å². The smallest absolute Gasteiger partial charge is 0.401 e. The Balaban J connectivity index is 1.84. The topological polar surface area (TPSA) is 83.9 Å². The number of aliphatic carboxylic acids is 1. The highest BCUT2D eigenvalue weighted by atomic mass is 32.2. The van der Waals surface area contributed by atoms with Crippen LogP contribution in [0.3, 0.4) is 0 Å². The van der Waals surface area contributed by atoms with Crippen molar-refractivity contribution in [2.45, 2.75) is 38.5 Å². The summed E-state index contributed by atoms with van der Waals surface area (Å²) >= 11 is -2.87. The highest BCUT2D eigenvalue weighted by molar-refractivity contribution is 7.75. The molecule has 0 spiro atoms. The molecule has 162 valence electrons. The Kier molecular flexibility index (Phi) is 6.76. The van der Waals surface area contributed by atoms with Gasteiger partial charge in [0.2, 0.25) is 5.91 Å². The largest absolute Gasteiger partial charge is 0.481 e. The minimum Gasteiger partial charge on any atom is -0.481 e.